The molecule has 3 N–H and O–H groups in total. The Bertz CT molecular complexity index is 2060. The summed E-state index contributed by atoms with van der Waals surface area (Å²) in [5, 5.41) is 14.4. The van der Waals surface area contributed by atoms with Crippen molar-refractivity contribution in [1.82, 2.24) is 5.32 Å². The van der Waals surface area contributed by atoms with Gasteiger partial charge in [-0.1, -0.05) is 84.4 Å². The maximum Gasteiger partial charge on any atom is 0.416 e. The Labute approximate surface area is 297 Å². The van der Waals surface area contributed by atoms with Gasteiger partial charge in [-0.2, -0.15) is 26.3 Å². The van der Waals surface area contributed by atoms with E-state index in [0.717, 1.165) is 28.8 Å². The Hall–Kier alpha value is -5.82. The van der Waals surface area contributed by atoms with Crippen molar-refractivity contribution >= 4 is 35.1 Å². The van der Waals surface area contributed by atoms with E-state index in [1.807, 2.05) is 54.6 Å². The molecule has 268 valence electrons. The number of amides is 2. The van der Waals surface area contributed by atoms with Crippen molar-refractivity contribution in [3.05, 3.63) is 154 Å². The lowest BCUT2D eigenvalue weighted by atomic mass is 9.98. The second kappa shape index (κ2) is 15.6. The Morgan fingerprint density at radius 2 is 1.35 bits per heavy atom. The summed E-state index contributed by atoms with van der Waals surface area (Å²) >= 11 is 6.09. The third-order valence-electron chi connectivity index (χ3n) is 7.76. The van der Waals surface area contributed by atoms with Gasteiger partial charge < -0.3 is 20.5 Å². The maximum absolute atomic E-state index is 13.6. The number of carboxylic acids is 1. The first-order valence-electron chi connectivity index (χ1n) is 15.4. The second-order valence-corrected chi connectivity index (χ2v) is 11.9. The highest BCUT2D eigenvalue weighted by Gasteiger charge is 2.37. The quantitative estimate of drug-likeness (QED) is 0.117. The van der Waals surface area contributed by atoms with E-state index < -0.39 is 59.3 Å². The van der Waals surface area contributed by atoms with E-state index in [1.165, 1.54) is 6.07 Å². The van der Waals surface area contributed by atoms with Crippen LogP contribution in [-0.4, -0.2) is 22.9 Å². The summed E-state index contributed by atoms with van der Waals surface area (Å²) in [7, 11) is 0. The minimum atomic E-state index is -5.20. The molecule has 0 aliphatic heterocycles. The van der Waals surface area contributed by atoms with Crippen LogP contribution >= 0.6 is 11.6 Å². The fraction of sp³-hybridized carbons (Fsp3) is 0.132. The van der Waals surface area contributed by atoms with Crippen molar-refractivity contribution in [3.63, 3.8) is 0 Å². The minimum absolute atomic E-state index is 0.00568. The van der Waals surface area contributed by atoms with E-state index in [9.17, 15) is 45.8 Å². The zero-order valence-electron chi connectivity index (χ0n) is 26.7. The summed E-state index contributed by atoms with van der Waals surface area (Å²) < 4.78 is 86.4. The monoisotopic (exact) mass is 740 g/mol. The summed E-state index contributed by atoms with van der Waals surface area (Å²) in [5.41, 5.74) is -2.18. The van der Waals surface area contributed by atoms with Gasteiger partial charge in [0.1, 0.15) is 12.4 Å². The predicted octanol–water partition coefficient (Wildman–Crippen LogP) is 9.82. The van der Waals surface area contributed by atoms with Gasteiger partial charge in [0.05, 0.1) is 34.8 Å². The van der Waals surface area contributed by atoms with Gasteiger partial charge in [0, 0.05) is 16.1 Å². The fourth-order valence-electron chi connectivity index (χ4n) is 5.22. The van der Waals surface area contributed by atoms with Crippen molar-refractivity contribution < 1.29 is 50.6 Å². The van der Waals surface area contributed by atoms with Crippen LogP contribution in [0.15, 0.2) is 115 Å². The number of hydrogen-bond donors (Lipinski definition) is 3. The lowest BCUT2D eigenvalue weighted by Crippen LogP contribution is -2.31. The molecule has 0 fully saturated rings. The highest BCUT2D eigenvalue weighted by Crippen LogP contribution is 2.37. The third kappa shape index (κ3) is 9.49. The van der Waals surface area contributed by atoms with Gasteiger partial charge in [-0.25, -0.2) is 0 Å². The van der Waals surface area contributed by atoms with Crippen molar-refractivity contribution in [3.8, 4) is 16.9 Å². The van der Waals surface area contributed by atoms with Crippen molar-refractivity contribution in [2.75, 3.05) is 5.32 Å². The molecule has 1 unspecified atom stereocenters. The molecule has 0 saturated heterocycles. The zero-order valence-corrected chi connectivity index (χ0v) is 27.4. The summed E-state index contributed by atoms with van der Waals surface area (Å²) in [4.78, 5) is 38.4. The lowest BCUT2D eigenvalue weighted by Gasteiger charge is -2.20. The van der Waals surface area contributed by atoms with Crippen LogP contribution in [0.4, 0.5) is 32.0 Å². The molecular formula is C38H27ClF6N2O5. The number of nitrogens with one attached hydrogen (secondary N) is 2. The molecule has 0 spiro atoms. The highest BCUT2D eigenvalue weighted by atomic mass is 35.5. The Balaban J connectivity index is 1.38. The van der Waals surface area contributed by atoms with Crippen molar-refractivity contribution in [2.45, 2.75) is 31.4 Å². The molecule has 5 aromatic rings. The van der Waals surface area contributed by atoms with Crippen molar-refractivity contribution in [1.29, 1.82) is 0 Å². The molecule has 1 atom stereocenters. The molecular weight excluding hydrogens is 714 g/mol. The predicted molar refractivity (Wildman–Crippen MR) is 181 cm³/mol. The number of hydrogen-bond acceptors (Lipinski definition) is 4. The first-order chi connectivity index (χ1) is 24.6. The molecule has 0 radical (unpaired) electrons. The molecule has 52 heavy (non-hydrogen) atoms. The SMILES string of the molecule is O=C(O)CC(NC(=O)c1cc(Cl)ccc1NC(=O)c1cc(C(F)(F)F)cc(C(F)(F)F)c1)c1ccc(-c2ccccc2OCc2ccccc2)cc1. The largest absolute Gasteiger partial charge is 0.488 e. The molecule has 0 heterocycles. The molecule has 5 rings (SSSR count). The van der Waals surface area contributed by atoms with Gasteiger partial charge in [-0.15, -0.1) is 0 Å². The van der Waals surface area contributed by atoms with Crippen LogP contribution in [0.2, 0.25) is 5.02 Å². The van der Waals surface area contributed by atoms with Crippen LogP contribution in [0.25, 0.3) is 11.1 Å². The van der Waals surface area contributed by atoms with E-state index in [2.05, 4.69) is 10.6 Å². The molecule has 14 heteroatoms. The number of para-hydroxylation sites is 1. The van der Waals surface area contributed by atoms with Crippen LogP contribution in [0.1, 0.15) is 55.4 Å². The van der Waals surface area contributed by atoms with Crippen LogP contribution < -0.4 is 15.4 Å². The molecule has 0 aromatic heterocycles. The van der Waals surface area contributed by atoms with Crippen LogP contribution in [-0.2, 0) is 23.8 Å². The number of benzene rings is 5. The molecule has 2 amide bonds. The average Bonchev–Trinajstić information content (AvgIpc) is 3.10. The molecule has 0 bridgehead atoms. The van der Waals surface area contributed by atoms with E-state index >= 15 is 0 Å². The number of alkyl halides is 6. The number of carboxylic acid groups (broad SMARTS) is 1. The zero-order chi connectivity index (χ0) is 37.6. The first-order valence-corrected chi connectivity index (χ1v) is 15.8. The number of aliphatic carboxylic acids is 1. The molecule has 0 aliphatic carbocycles. The second-order valence-electron chi connectivity index (χ2n) is 11.5. The van der Waals surface area contributed by atoms with Gasteiger partial charge in [0.15, 0.2) is 0 Å². The summed E-state index contributed by atoms with van der Waals surface area (Å²) in [6, 6.07) is 26.3. The number of rotatable bonds is 11. The highest BCUT2D eigenvalue weighted by molar-refractivity contribution is 6.31. The fourth-order valence-corrected chi connectivity index (χ4v) is 5.39. The molecule has 5 aromatic carbocycles. The Morgan fingerprint density at radius 1 is 0.731 bits per heavy atom. The van der Waals surface area contributed by atoms with E-state index in [4.69, 9.17) is 16.3 Å². The van der Waals surface area contributed by atoms with Crippen molar-refractivity contribution in [2.24, 2.45) is 0 Å². The summed E-state index contributed by atoms with van der Waals surface area (Å²) in [6.45, 7) is 0.323. The van der Waals surface area contributed by atoms with Gasteiger partial charge in [-0.05, 0) is 59.2 Å². The van der Waals surface area contributed by atoms with E-state index in [-0.39, 0.29) is 34.5 Å². The molecule has 0 saturated carbocycles. The number of ether oxygens (including phenoxy) is 1. The smallest absolute Gasteiger partial charge is 0.416 e. The van der Waals surface area contributed by atoms with Crippen LogP contribution in [0.5, 0.6) is 5.75 Å². The van der Waals surface area contributed by atoms with Crippen LogP contribution in [0.3, 0.4) is 0 Å². The van der Waals surface area contributed by atoms with E-state index in [1.54, 1.807) is 24.3 Å². The maximum atomic E-state index is 13.6. The standard InChI is InChI=1S/C38H27ClF6N2O5/c39-28-14-15-31(46-35(50)25-16-26(37(40,41)42)18-27(17-25)38(43,44)45)30(19-28)36(51)47-32(20-34(48)49)24-12-10-23(11-13-24)29-8-4-5-9-33(29)52-21-22-6-2-1-3-7-22/h1-19,32H,20-21H2,(H,46,50)(H,47,51)(H,48,49). The number of carbonyl (C=O) groups excluding carboxylic acids is 2. The first kappa shape index (κ1) is 37.4. The summed E-state index contributed by atoms with van der Waals surface area (Å²) in [5.74, 6) is -2.98. The molecule has 7 nitrogen and oxygen atoms in total. The van der Waals surface area contributed by atoms with Crippen LogP contribution in [0, 0.1) is 0 Å². The third-order valence-corrected chi connectivity index (χ3v) is 7.99. The number of halogens is 7. The number of carbonyl (C=O) groups is 3. The number of anilines is 1. The summed E-state index contributed by atoms with van der Waals surface area (Å²) in [6.07, 6.45) is -11.0. The topological polar surface area (TPSA) is 105 Å². The van der Waals surface area contributed by atoms with Gasteiger partial charge >= 0.3 is 18.3 Å². The Morgan fingerprint density at radius 3 is 1.96 bits per heavy atom. The Kier molecular flexibility index (Phi) is 11.2. The average molecular weight is 741 g/mol. The lowest BCUT2D eigenvalue weighted by molar-refractivity contribution is -0.143. The van der Waals surface area contributed by atoms with Gasteiger partial charge in [0.2, 0.25) is 0 Å². The molecule has 0 aliphatic rings. The minimum Gasteiger partial charge on any atom is -0.488 e. The normalized spacial score (nSPS) is 12.1. The van der Waals surface area contributed by atoms with E-state index in [0.29, 0.717) is 17.9 Å². The van der Waals surface area contributed by atoms with Gasteiger partial charge in [-0.3, -0.25) is 14.4 Å². The van der Waals surface area contributed by atoms with Gasteiger partial charge in [0.25, 0.3) is 11.8 Å².